The zero-order valence-electron chi connectivity index (χ0n) is 27.8. The third-order valence-corrected chi connectivity index (χ3v) is 8.17. The molecule has 0 saturated heterocycles. The zero-order valence-corrected chi connectivity index (χ0v) is 27.8. The Kier molecular flexibility index (Phi) is 14.3. The third-order valence-electron chi connectivity index (χ3n) is 8.17. The lowest BCUT2D eigenvalue weighted by Gasteiger charge is -2.36. The van der Waals surface area contributed by atoms with Crippen molar-refractivity contribution in [3.63, 3.8) is 0 Å². The fraction of sp³-hybridized carbons (Fsp3) is 0.571. The van der Waals surface area contributed by atoms with Gasteiger partial charge in [-0.2, -0.15) is 0 Å². The normalized spacial score (nSPS) is 20.5. The summed E-state index contributed by atoms with van der Waals surface area (Å²) in [6.07, 6.45) is 3.06. The molecule has 1 aliphatic heterocycles. The average Bonchev–Trinajstić information content (AvgIpc) is 3.02. The van der Waals surface area contributed by atoms with E-state index in [0.29, 0.717) is 42.1 Å². The Bertz CT molecular complexity index is 1240. The number of hydrogen-bond donors (Lipinski definition) is 2. The first kappa shape index (κ1) is 36.0. The van der Waals surface area contributed by atoms with E-state index in [2.05, 4.69) is 5.32 Å². The van der Waals surface area contributed by atoms with Crippen LogP contribution in [0.2, 0.25) is 0 Å². The lowest BCUT2D eigenvalue weighted by atomic mass is 10.0. The number of nitrogens with one attached hydrogen (secondary N) is 1. The minimum atomic E-state index is -0.494. The van der Waals surface area contributed by atoms with E-state index in [4.69, 9.17) is 9.47 Å². The largest absolute Gasteiger partial charge is 0.490 e. The van der Waals surface area contributed by atoms with Crippen LogP contribution in [0.15, 0.2) is 48.5 Å². The van der Waals surface area contributed by atoms with Crippen LogP contribution in [-0.4, -0.2) is 110 Å². The van der Waals surface area contributed by atoms with Gasteiger partial charge in [-0.1, -0.05) is 25.1 Å². The van der Waals surface area contributed by atoms with Crippen LogP contribution in [0, 0.1) is 5.92 Å². The zero-order chi connectivity index (χ0) is 32.9. The highest BCUT2D eigenvalue weighted by Crippen LogP contribution is 2.28. The molecule has 3 rings (SSSR count). The number of fused-ring (bicyclic) bond motifs is 1. The molecule has 2 N–H and O–H groups in total. The fourth-order valence-corrected chi connectivity index (χ4v) is 5.40. The summed E-state index contributed by atoms with van der Waals surface area (Å²) in [7, 11) is 5.70. The van der Waals surface area contributed by atoms with Crippen molar-refractivity contribution in [1.29, 1.82) is 0 Å². The molecule has 0 spiro atoms. The predicted molar refractivity (Wildman–Crippen MR) is 177 cm³/mol. The van der Waals surface area contributed by atoms with E-state index in [0.717, 1.165) is 32.2 Å². The first-order chi connectivity index (χ1) is 21.5. The van der Waals surface area contributed by atoms with Crippen molar-refractivity contribution in [2.45, 2.75) is 71.1 Å². The molecule has 0 radical (unpaired) electrons. The molecule has 0 aliphatic carbocycles. The number of ether oxygens (including phenoxy) is 2. The SMILES string of the molecule is C[C@H](CO)N1C[C@H](C)[C@@H](CN(C)C(=O)c2ccccc2)OCCCC[C@H](C)Oc2ccc(NC(=O)CCCN(C)C)cc2C1=O. The number of anilines is 1. The van der Waals surface area contributed by atoms with Crippen LogP contribution in [0.1, 0.15) is 73.6 Å². The molecule has 0 bridgehead atoms. The number of nitrogens with zero attached hydrogens (tertiary/aromatic N) is 3. The Morgan fingerprint density at radius 2 is 1.82 bits per heavy atom. The van der Waals surface area contributed by atoms with Crippen molar-refractivity contribution in [1.82, 2.24) is 14.7 Å². The number of aliphatic hydroxyl groups excluding tert-OH is 1. The molecular weight excluding hydrogens is 572 g/mol. The van der Waals surface area contributed by atoms with Gasteiger partial charge in [0, 0.05) is 50.3 Å². The first-order valence-corrected chi connectivity index (χ1v) is 16.1. The standard InChI is InChI=1S/C35H52N4O6/c1-25-22-39(26(2)24-40)35(43)30-21-29(36-33(41)16-12-19-37(4)5)17-18-31(30)45-27(3)13-10-11-20-44-32(25)23-38(6)34(42)28-14-8-7-9-15-28/h7-9,14-15,17-18,21,25-27,32,40H,10-13,16,19-20,22-24H2,1-6H3,(H,36,41)/t25-,26+,27-,32+/m0/s1. The number of hydrogen-bond acceptors (Lipinski definition) is 7. The van der Waals surface area contributed by atoms with Crippen LogP contribution in [-0.2, 0) is 9.53 Å². The molecule has 2 aromatic rings. The van der Waals surface area contributed by atoms with Gasteiger partial charge in [-0.05, 0) is 90.5 Å². The lowest BCUT2D eigenvalue weighted by molar-refractivity contribution is -0.116. The molecule has 10 heteroatoms. The Morgan fingerprint density at radius 3 is 2.51 bits per heavy atom. The van der Waals surface area contributed by atoms with Crippen molar-refractivity contribution < 1.29 is 29.0 Å². The molecule has 1 heterocycles. The molecule has 45 heavy (non-hydrogen) atoms. The summed E-state index contributed by atoms with van der Waals surface area (Å²) in [6, 6.07) is 13.8. The number of benzene rings is 2. The molecule has 0 aromatic heterocycles. The Balaban J connectivity index is 1.89. The highest BCUT2D eigenvalue weighted by molar-refractivity contribution is 5.99. The van der Waals surface area contributed by atoms with E-state index < -0.39 is 6.04 Å². The van der Waals surface area contributed by atoms with Gasteiger partial charge < -0.3 is 34.6 Å². The van der Waals surface area contributed by atoms with Crippen LogP contribution in [0.25, 0.3) is 0 Å². The van der Waals surface area contributed by atoms with Gasteiger partial charge in [-0.25, -0.2) is 0 Å². The average molecular weight is 625 g/mol. The smallest absolute Gasteiger partial charge is 0.258 e. The molecule has 0 unspecified atom stereocenters. The van der Waals surface area contributed by atoms with Gasteiger partial charge in [-0.3, -0.25) is 14.4 Å². The summed E-state index contributed by atoms with van der Waals surface area (Å²) in [5.74, 6) is -0.251. The number of amides is 3. The van der Waals surface area contributed by atoms with Gasteiger partial charge in [0.2, 0.25) is 5.91 Å². The van der Waals surface area contributed by atoms with Gasteiger partial charge >= 0.3 is 0 Å². The first-order valence-electron chi connectivity index (χ1n) is 16.1. The minimum absolute atomic E-state index is 0.0985. The van der Waals surface area contributed by atoms with E-state index >= 15 is 0 Å². The number of carbonyl (C=O) groups excluding carboxylic acids is 3. The van der Waals surface area contributed by atoms with Crippen LogP contribution >= 0.6 is 0 Å². The maximum absolute atomic E-state index is 14.3. The van der Waals surface area contributed by atoms with Crippen molar-refractivity contribution in [2.75, 3.05) is 59.3 Å². The molecule has 0 fully saturated rings. The van der Waals surface area contributed by atoms with Gasteiger partial charge in [0.25, 0.3) is 11.8 Å². The summed E-state index contributed by atoms with van der Waals surface area (Å²) < 4.78 is 12.7. The van der Waals surface area contributed by atoms with Crippen molar-refractivity contribution in [3.05, 3.63) is 59.7 Å². The second kappa shape index (κ2) is 17.9. The summed E-state index contributed by atoms with van der Waals surface area (Å²) in [4.78, 5) is 45.4. The number of aliphatic hydroxyl groups is 1. The third kappa shape index (κ3) is 11.1. The summed E-state index contributed by atoms with van der Waals surface area (Å²) >= 11 is 0. The van der Waals surface area contributed by atoms with Gasteiger partial charge in [-0.15, -0.1) is 0 Å². The van der Waals surface area contributed by atoms with Crippen molar-refractivity contribution >= 4 is 23.4 Å². The summed E-state index contributed by atoms with van der Waals surface area (Å²) in [6.45, 7) is 7.51. The number of carbonyl (C=O) groups is 3. The minimum Gasteiger partial charge on any atom is -0.490 e. The highest BCUT2D eigenvalue weighted by atomic mass is 16.5. The topological polar surface area (TPSA) is 112 Å². The van der Waals surface area contributed by atoms with Crippen molar-refractivity contribution in [3.8, 4) is 5.75 Å². The second-order valence-electron chi connectivity index (χ2n) is 12.5. The molecule has 10 nitrogen and oxygen atoms in total. The number of rotatable bonds is 10. The number of likely N-dealkylation sites (N-methyl/N-ethyl adjacent to an activating group) is 1. The molecule has 1 aliphatic rings. The Hall–Kier alpha value is -3.47. The van der Waals surface area contributed by atoms with Crippen molar-refractivity contribution in [2.24, 2.45) is 5.92 Å². The highest BCUT2D eigenvalue weighted by Gasteiger charge is 2.31. The molecule has 4 atom stereocenters. The van der Waals surface area contributed by atoms with Crippen LogP contribution in [0.3, 0.4) is 0 Å². The van der Waals surface area contributed by atoms with E-state index in [1.54, 1.807) is 54.1 Å². The Labute approximate surface area is 268 Å². The van der Waals surface area contributed by atoms with Gasteiger partial charge in [0.05, 0.1) is 30.4 Å². The fourth-order valence-electron chi connectivity index (χ4n) is 5.40. The maximum atomic E-state index is 14.3. The predicted octanol–water partition coefficient (Wildman–Crippen LogP) is 4.53. The monoisotopic (exact) mass is 624 g/mol. The van der Waals surface area contributed by atoms with Crippen LogP contribution in [0.5, 0.6) is 5.75 Å². The maximum Gasteiger partial charge on any atom is 0.258 e. The quantitative estimate of drug-likeness (QED) is 0.400. The van der Waals surface area contributed by atoms with E-state index in [-0.39, 0.29) is 49.0 Å². The molecule has 248 valence electrons. The Morgan fingerprint density at radius 1 is 1.09 bits per heavy atom. The molecule has 3 amide bonds. The summed E-state index contributed by atoms with van der Waals surface area (Å²) in [5, 5.41) is 13.1. The van der Waals surface area contributed by atoms with E-state index in [1.807, 2.05) is 51.0 Å². The second-order valence-corrected chi connectivity index (χ2v) is 12.5. The van der Waals surface area contributed by atoms with E-state index in [9.17, 15) is 19.5 Å². The van der Waals surface area contributed by atoms with Crippen LogP contribution in [0.4, 0.5) is 5.69 Å². The van der Waals surface area contributed by atoms with Gasteiger partial charge in [0.15, 0.2) is 0 Å². The molecular formula is C35H52N4O6. The summed E-state index contributed by atoms with van der Waals surface area (Å²) in [5.41, 5.74) is 1.44. The van der Waals surface area contributed by atoms with Gasteiger partial charge in [0.1, 0.15) is 5.75 Å². The van der Waals surface area contributed by atoms with E-state index in [1.165, 1.54) is 0 Å². The van der Waals surface area contributed by atoms with Crippen LogP contribution < -0.4 is 10.1 Å². The lowest BCUT2D eigenvalue weighted by Crippen LogP contribution is -2.48. The molecule has 0 saturated carbocycles. The molecule has 2 aromatic carbocycles.